The van der Waals surface area contributed by atoms with Gasteiger partial charge in [0.1, 0.15) is 0 Å². The average molecular weight is 668 g/mol. The third-order valence-electron chi connectivity index (χ3n) is 10.5. The Hall–Kier alpha value is -7.13. The third kappa shape index (κ3) is 5.06. The number of hydrogen-bond donors (Lipinski definition) is 0. The van der Waals surface area contributed by atoms with Crippen LogP contribution in [0.1, 0.15) is 42.0 Å². The molecule has 246 valence electrons. The van der Waals surface area contributed by atoms with Crippen LogP contribution in [0.15, 0.2) is 163 Å². The van der Waals surface area contributed by atoms with Crippen molar-refractivity contribution in [3.05, 3.63) is 186 Å². The third-order valence-corrected chi connectivity index (χ3v) is 10.5. The second-order valence-corrected chi connectivity index (χ2v) is 13.4. The van der Waals surface area contributed by atoms with Crippen molar-refractivity contribution in [1.29, 1.82) is 15.8 Å². The summed E-state index contributed by atoms with van der Waals surface area (Å²) in [5, 5.41) is 31.5. The molecule has 6 aromatic rings. The van der Waals surface area contributed by atoms with Gasteiger partial charge in [-0.25, -0.2) is 0 Å². The fraction of sp³-hybridized carbons (Fsp3) is 0.0851. The molecule has 1 aliphatic carbocycles. The molecule has 2 aliphatic rings. The molecule has 1 aliphatic heterocycles. The highest BCUT2D eigenvalue weighted by molar-refractivity contribution is 6.09. The summed E-state index contributed by atoms with van der Waals surface area (Å²) in [6.45, 7) is 8.31. The molecule has 52 heavy (non-hydrogen) atoms. The highest BCUT2D eigenvalue weighted by atomic mass is 15.2. The lowest BCUT2D eigenvalue weighted by molar-refractivity contribution is 0.532. The maximum absolute atomic E-state index is 9.79. The van der Waals surface area contributed by atoms with Crippen molar-refractivity contribution in [2.45, 2.75) is 25.3 Å². The van der Waals surface area contributed by atoms with Gasteiger partial charge in [0.25, 0.3) is 0 Å². The molecule has 5 heteroatoms. The van der Waals surface area contributed by atoms with Gasteiger partial charge in [-0.15, -0.1) is 0 Å². The summed E-state index contributed by atoms with van der Waals surface area (Å²) in [4.78, 5) is 2.35. The molecular weight excluding hydrogens is 635 g/mol. The van der Waals surface area contributed by atoms with Crippen LogP contribution in [0.25, 0.3) is 44.2 Å². The minimum absolute atomic E-state index is 0.0239. The number of rotatable bonds is 6. The number of aromatic nitrogens is 1. The van der Waals surface area contributed by atoms with E-state index in [4.69, 9.17) is 0 Å². The lowest BCUT2D eigenvalue weighted by atomic mass is 9.80. The van der Waals surface area contributed by atoms with Crippen LogP contribution in [-0.2, 0) is 0 Å². The predicted molar refractivity (Wildman–Crippen MR) is 210 cm³/mol. The fourth-order valence-corrected chi connectivity index (χ4v) is 8.00. The van der Waals surface area contributed by atoms with E-state index in [2.05, 4.69) is 133 Å². The van der Waals surface area contributed by atoms with Crippen LogP contribution < -0.4 is 4.90 Å². The van der Waals surface area contributed by atoms with E-state index < -0.39 is 5.54 Å². The molecule has 0 amide bonds. The Morgan fingerprint density at radius 3 is 2.35 bits per heavy atom. The largest absolute Gasteiger partial charge is 0.331 e. The first-order valence-electron chi connectivity index (χ1n) is 17.2. The monoisotopic (exact) mass is 667 g/mol. The van der Waals surface area contributed by atoms with Crippen LogP contribution in [0.4, 0.5) is 5.69 Å². The molecule has 2 atom stereocenters. The van der Waals surface area contributed by atoms with Crippen molar-refractivity contribution in [2.24, 2.45) is 0 Å². The summed E-state index contributed by atoms with van der Waals surface area (Å²) in [5.41, 5.74) is 11.4. The van der Waals surface area contributed by atoms with E-state index in [0.717, 1.165) is 66.7 Å². The molecular formula is C47H33N5. The van der Waals surface area contributed by atoms with E-state index in [1.165, 1.54) is 0 Å². The van der Waals surface area contributed by atoms with Crippen LogP contribution in [0, 0.1) is 34.0 Å². The minimum Gasteiger partial charge on any atom is -0.331 e. The van der Waals surface area contributed by atoms with Crippen molar-refractivity contribution in [3.63, 3.8) is 0 Å². The number of anilines is 1. The van der Waals surface area contributed by atoms with Crippen LogP contribution >= 0.6 is 0 Å². The van der Waals surface area contributed by atoms with Crippen molar-refractivity contribution in [3.8, 4) is 35.0 Å². The maximum atomic E-state index is 9.79. The van der Waals surface area contributed by atoms with Gasteiger partial charge >= 0.3 is 0 Å². The molecule has 5 nitrogen and oxygen atoms in total. The quantitative estimate of drug-likeness (QED) is 0.131. The first-order chi connectivity index (χ1) is 25.4. The summed E-state index contributed by atoms with van der Waals surface area (Å²) < 4.78 is 2.24. The first-order valence-corrected chi connectivity index (χ1v) is 17.2. The van der Waals surface area contributed by atoms with E-state index in [1.54, 1.807) is 6.08 Å². The molecule has 0 fully saturated rings. The zero-order chi connectivity index (χ0) is 36.0. The maximum Gasteiger partial charge on any atom is 0.0992 e. The molecule has 0 bridgehead atoms. The van der Waals surface area contributed by atoms with Crippen LogP contribution in [0.5, 0.6) is 0 Å². The second kappa shape index (κ2) is 12.6. The summed E-state index contributed by atoms with van der Waals surface area (Å²) in [6.07, 6.45) is 12.4. The van der Waals surface area contributed by atoms with Crippen LogP contribution in [-0.4, -0.2) is 10.1 Å². The van der Waals surface area contributed by atoms with Gasteiger partial charge in [-0.2, -0.15) is 15.8 Å². The topological polar surface area (TPSA) is 79.5 Å². The van der Waals surface area contributed by atoms with Crippen molar-refractivity contribution in [1.82, 2.24) is 4.57 Å². The number of nitriles is 3. The fourth-order valence-electron chi connectivity index (χ4n) is 8.00. The number of allylic oxidation sites excluding steroid dienone is 6. The molecule has 2 heterocycles. The summed E-state index contributed by atoms with van der Waals surface area (Å²) >= 11 is 0. The number of benzene rings is 5. The Morgan fingerprint density at radius 2 is 1.52 bits per heavy atom. The molecule has 0 N–H and O–H groups in total. The minimum atomic E-state index is -0.465. The molecule has 0 saturated heterocycles. The summed E-state index contributed by atoms with van der Waals surface area (Å²) in [5.74, 6) is 0.0239. The molecule has 5 aromatic carbocycles. The Morgan fingerprint density at radius 1 is 0.769 bits per heavy atom. The highest BCUT2D eigenvalue weighted by Gasteiger charge is 2.47. The number of nitrogens with zero attached hydrogens (tertiary/aromatic N) is 5. The molecule has 2 unspecified atom stereocenters. The molecule has 8 rings (SSSR count). The van der Waals surface area contributed by atoms with Gasteiger partial charge in [-0.1, -0.05) is 91.5 Å². The Bertz CT molecular complexity index is 2730. The highest BCUT2D eigenvalue weighted by Crippen LogP contribution is 2.53. The lowest BCUT2D eigenvalue weighted by Crippen LogP contribution is -2.44. The van der Waals surface area contributed by atoms with Crippen molar-refractivity contribution >= 4 is 33.1 Å². The van der Waals surface area contributed by atoms with E-state index in [9.17, 15) is 15.8 Å². The lowest BCUT2D eigenvalue weighted by Gasteiger charge is -2.40. The van der Waals surface area contributed by atoms with Crippen molar-refractivity contribution < 1.29 is 0 Å². The predicted octanol–water partition coefficient (Wildman–Crippen LogP) is 11.0. The van der Waals surface area contributed by atoms with Gasteiger partial charge in [0.15, 0.2) is 0 Å². The van der Waals surface area contributed by atoms with Gasteiger partial charge in [0.05, 0.1) is 45.9 Å². The molecule has 0 radical (unpaired) electrons. The molecule has 1 aromatic heterocycles. The van der Waals surface area contributed by atoms with Gasteiger partial charge in [0, 0.05) is 39.3 Å². The van der Waals surface area contributed by atoms with Gasteiger partial charge in [-0.05, 0) is 102 Å². The van der Waals surface area contributed by atoms with Crippen molar-refractivity contribution in [2.75, 3.05) is 4.90 Å². The smallest absolute Gasteiger partial charge is 0.0992 e. The Balaban J connectivity index is 1.34. The standard InChI is InChI=1S/C47H33N5/c1-31(28-48)18-22-43(52-45-23-20-33(29-49)25-41(45)42-16-8-9-24-47(42,52)3)32(2)37-13-4-5-14-38(37)35-11-10-12-36(27-35)51-44-17-7-6-15-39(44)40-21-19-34(30-50)26-46(40)51/h4-27,42H,1H2,2-3H3/b22-18-,43-32-. The summed E-state index contributed by atoms with van der Waals surface area (Å²) in [7, 11) is 0. The average Bonchev–Trinajstić information content (AvgIpc) is 3.66. The first kappa shape index (κ1) is 32.1. The van der Waals surface area contributed by atoms with Gasteiger partial charge in [-0.3, -0.25) is 0 Å². The number of hydrogen-bond acceptors (Lipinski definition) is 4. The van der Waals surface area contributed by atoms with Crippen LogP contribution in [0.2, 0.25) is 0 Å². The second-order valence-electron chi connectivity index (χ2n) is 13.4. The zero-order valence-electron chi connectivity index (χ0n) is 28.9. The van der Waals surface area contributed by atoms with Crippen LogP contribution in [0.3, 0.4) is 0 Å². The normalized spacial score (nSPS) is 17.8. The molecule has 0 spiro atoms. The summed E-state index contributed by atoms with van der Waals surface area (Å²) in [6, 6.07) is 43.9. The Labute approximate surface area is 303 Å². The van der Waals surface area contributed by atoms with E-state index >= 15 is 0 Å². The SMILES string of the molecule is C=C(C#N)/C=C\C(=C(/C)c1ccccc1-c1cccc(-n2c3ccccc3c3ccc(C#N)cc32)c1)N1c2ccc(C#N)cc2C2C=CC=CC21C. The van der Waals surface area contributed by atoms with E-state index in [0.29, 0.717) is 16.7 Å². The van der Waals surface area contributed by atoms with Gasteiger partial charge < -0.3 is 9.47 Å². The zero-order valence-corrected chi connectivity index (χ0v) is 28.9. The van der Waals surface area contributed by atoms with Gasteiger partial charge in [0.2, 0.25) is 0 Å². The Kier molecular flexibility index (Phi) is 7.80. The van der Waals surface area contributed by atoms with E-state index in [1.807, 2.05) is 54.6 Å². The number of para-hydroxylation sites is 1. The molecule has 0 saturated carbocycles. The van der Waals surface area contributed by atoms with E-state index in [-0.39, 0.29) is 5.92 Å². The number of fused-ring (bicyclic) bond motifs is 6.